The first-order valence-electron chi connectivity index (χ1n) is 10.7. The van der Waals surface area contributed by atoms with E-state index in [9.17, 15) is 14.6 Å². The Morgan fingerprint density at radius 3 is 2.94 bits per heavy atom. The number of morpholine rings is 1. The van der Waals surface area contributed by atoms with Gasteiger partial charge in [0.25, 0.3) is 0 Å². The van der Waals surface area contributed by atoms with Crippen molar-refractivity contribution in [2.75, 3.05) is 31.7 Å². The molecule has 5 N–H and O–H groups in total. The van der Waals surface area contributed by atoms with Gasteiger partial charge in [0, 0.05) is 24.8 Å². The van der Waals surface area contributed by atoms with Gasteiger partial charge in [-0.15, -0.1) is 0 Å². The van der Waals surface area contributed by atoms with Gasteiger partial charge >= 0.3 is 0 Å². The van der Waals surface area contributed by atoms with Crippen molar-refractivity contribution in [3.05, 3.63) is 34.5 Å². The molecule has 0 amide bonds. The van der Waals surface area contributed by atoms with E-state index < -0.39 is 30.2 Å². The lowest BCUT2D eigenvalue weighted by atomic mass is 9.88. The Kier molecular flexibility index (Phi) is 6.99. The highest BCUT2D eigenvalue weighted by Crippen LogP contribution is 2.39. The van der Waals surface area contributed by atoms with Crippen molar-refractivity contribution in [3.8, 4) is 0 Å². The monoisotopic (exact) mass is 469 g/mol. The number of allylic oxidation sites excluding steroid dienone is 2. The molecule has 4 rings (SSSR count). The lowest BCUT2D eigenvalue weighted by Gasteiger charge is -2.47. The molecule has 0 bridgehead atoms. The molecule has 1 aliphatic carbocycles. The van der Waals surface area contributed by atoms with Gasteiger partial charge in [-0.25, -0.2) is 14.4 Å². The van der Waals surface area contributed by atoms with Crippen LogP contribution in [0.3, 0.4) is 0 Å². The highest BCUT2D eigenvalue weighted by atomic mass is 35.5. The van der Waals surface area contributed by atoms with Crippen LogP contribution < -0.4 is 11.1 Å². The van der Waals surface area contributed by atoms with E-state index in [-0.39, 0.29) is 35.4 Å². The largest absolute Gasteiger partial charge is 0.398 e. The van der Waals surface area contributed by atoms with Crippen LogP contribution in [0.25, 0.3) is 5.57 Å². The zero-order valence-electron chi connectivity index (χ0n) is 18.0. The molecular formula is C21H29ClFN5O4. The number of halogens is 2. The number of fused-ring (bicyclic) bond motifs is 1. The molecular weight excluding hydrogens is 441 g/mol. The fraction of sp³-hybridized carbons (Fsp3) is 0.619. The van der Waals surface area contributed by atoms with Gasteiger partial charge in [0.2, 0.25) is 5.95 Å². The molecule has 32 heavy (non-hydrogen) atoms. The number of ether oxygens (including phenoxy) is 2. The Balaban J connectivity index is 1.67. The van der Waals surface area contributed by atoms with Gasteiger partial charge in [-0.05, 0) is 26.3 Å². The standard InChI is InChI=1S/C21H29ClFN5O4/c1-10-8-32-20-12(5-14(23)17(24)19(20)28(10)7-11(2)29)18-13(22)6-25-21(27-18)26-15-3-4-31-9-16(15)30/h5-6,10-11,15-16,19-20,29-30H,3-4,7-9,24H2,1-2H3,(H,25,26,27)/t10-,11+,15+,16+,19?,20?/m0/s1. The van der Waals surface area contributed by atoms with Crippen LogP contribution in [0.2, 0.25) is 5.02 Å². The number of β-amino-alcohol motifs (C(OH)–C–C–N with tert-alkyl or cyclic N) is 1. The Labute approximate surface area is 191 Å². The highest BCUT2D eigenvalue weighted by molar-refractivity contribution is 6.32. The van der Waals surface area contributed by atoms with E-state index in [4.69, 9.17) is 26.8 Å². The maximum atomic E-state index is 15.0. The number of nitrogens with one attached hydrogen (secondary N) is 1. The Hall–Kier alpha value is -1.82. The van der Waals surface area contributed by atoms with Crippen molar-refractivity contribution < 1.29 is 24.1 Å². The van der Waals surface area contributed by atoms with E-state index in [2.05, 4.69) is 15.3 Å². The number of hydrogen-bond donors (Lipinski definition) is 4. The van der Waals surface area contributed by atoms with Crippen molar-refractivity contribution in [1.29, 1.82) is 0 Å². The summed E-state index contributed by atoms with van der Waals surface area (Å²) in [5, 5.41) is 23.5. The number of nitrogens with two attached hydrogens (primary N) is 1. The Bertz CT molecular complexity index is 914. The van der Waals surface area contributed by atoms with Gasteiger partial charge in [-0.1, -0.05) is 11.6 Å². The van der Waals surface area contributed by atoms with Gasteiger partial charge < -0.3 is 30.7 Å². The van der Waals surface area contributed by atoms with Gasteiger partial charge in [0.1, 0.15) is 11.9 Å². The van der Waals surface area contributed by atoms with Crippen LogP contribution in [-0.2, 0) is 9.47 Å². The minimum Gasteiger partial charge on any atom is -0.398 e. The second kappa shape index (κ2) is 9.58. The van der Waals surface area contributed by atoms with Crippen molar-refractivity contribution in [2.45, 2.75) is 56.7 Å². The first-order chi connectivity index (χ1) is 15.3. The number of nitrogens with zero attached hydrogens (tertiary/aromatic N) is 3. The molecule has 1 aromatic heterocycles. The average Bonchev–Trinajstić information content (AvgIpc) is 2.75. The quantitative estimate of drug-likeness (QED) is 0.500. The first kappa shape index (κ1) is 23.3. The molecule has 2 unspecified atom stereocenters. The van der Waals surface area contributed by atoms with E-state index in [1.54, 1.807) is 6.92 Å². The summed E-state index contributed by atoms with van der Waals surface area (Å²) in [6, 6.07) is -0.941. The van der Waals surface area contributed by atoms with Gasteiger partial charge in [-0.2, -0.15) is 0 Å². The molecule has 2 aliphatic heterocycles. The fourth-order valence-corrected chi connectivity index (χ4v) is 4.62. The molecule has 2 fully saturated rings. The van der Waals surface area contributed by atoms with Crippen molar-refractivity contribution in [3.63, 3.8) is 0 Å². The minimum absolute atomic E-state index is 0.0554. The van der Waals surface area contributed by atoms with Gasteiger partial charge in [-0.3, -0.25) is 4.90 Å². The normalized spacial score (nSPS) is 32.3. The van der Waals surface area contributed by atoms with Crippen molar-refractivity contribution in [1.82, 2.24) is 14.9 Å². The summed E-state index contributed by atoms with van der Waals surface area (Å²) >= 11 is 6.42. The molecule has 0 saturated carbocycles. The van der Waals surface area contributed by atoms with Crippen LogP contribution in [0, 0.1) is 0 Å². The number of aromatic nitrogens is 2. The molecule has 11 heteroatoms. The number of hydrogen-bond acceptors (Lipinski definition) is 9. The number of aliphatic hydroxyl groups is 2. The second-order valence-corrected chi connectivity index (χ2v) is 8.98. The molecule has 9 nitrogen and oxygen atoms in total. The molecule has 176 valence electrons. The summed E-state index contributed by atoms with van der Waals surface area (Å²) in [7, 11) is 0. The predicted octanol–water partition coefficient (Wildman–Crippen LogP) is 1.07. The van der Waals surface area contributed by atoms with Crippen LogP contribution in [0.5, 0.6) is 0 Å². The zero-order valence-corrected chi connectivity index (χ0v) is 18.8. The third kappa shape index (κ3) is 4.61. The number of rotatable bonds is 5. The van der Waals surface area contributed by atoms with Crippen LogP contribution in [0.15, 0.2) is 23.8 Å². The number of anilines is 1. The predicted molar refractivity (Wildman–Crippen MR) is 118 cm³/mol. The lowest BCUT2D eigenvalue weighted by Crippen LogP contribution is -2.60. The van der Waals surface area contributed by atoms with E-state index in [1.165, 1.54) is 12.3 Å². The molecule has 6 atom stereocenters. The van der Waals surface area contributed by atoms with E-state index in [0.717, 1.165) is 0 Å². The lowest BCUT2D eigenvalue weighted by molar-refractivity contribution is -0.0751. The van der Waals surface area contributed by atoms with E-state index >= 15 is 0 Å². The smallest absolute Gasteiger partial charge is 0.223 e. The van der Waals surface area contributed by atoms with Crippen LogP contribution in [-0.4, -0.2) is 87.9 Å². The van der Waals surface area contributed by atoms with Gasteiger partial charge in [0.05, 0.1) is 60.1 Å². The van der Waals surface area contributed by atoms with Crippen LogP contribution in [0.4, 0.5) is 10.3 Å². The second-order valence-electron chi connectivity index (χ2n) is 8.57. The molecule has 1 aromatic rings. The molecule has 0 radical (unpaired) electrons. The van der Waals surface area contributed by atoms with Crippen molar-refractivity contribution in [2.24, 2.45) is 5.73 Å². The fourth-order valence-electron chi connectivity index (χ4n) is 4.42. The third-order valence-corrected chi connectivity index (χ3v) is 6.32. The zero-order chi connectivity index (χ0) is 23.0. The summed E-state index contributed by atoms with van der Waals surface area (Å²) < 4.78 is 26.3. The van der Waals surface area contributed by atoms with Gasteiger partial charge in [0.15, 0.2) is 0 Å². The SMILES string of the molecule is C[C@@H](O)CN1C2C(N)=C(F)C=C(c3nc(N[C@@H]4CCOC[C@H]4O)ncc3Cl)C2OC[C@@H]1C. The molecule has 3 aliphatic rings. The Morgan fingerprint density at radius 2 is 2.22 bits per heavy atom. The summed E-state index contributed by atoms with van der Waals surface area (Å²) in [6.45, 7) is 5.07. The first-order valence-corrected chi connectivity index (χ1v) is 11.1. The van der Waals surface area contributed by atoms with Crippen LogP contribution >= 0.6 is 11.6 Å². The highest BCUT2D eigenvalue weighted by Gasteiger charge is 2.44. The number of aliphatic hydroxyl groups excluding tert-OH is 2. The topological polar surface area (TPSA) is 126 Å². The average molecular weight is 470 g/mol. The summed E-state index contributed by atoms with van der Waals surface area (Å²) in [4.78, 5) is 10.7. The minimum atomic E-state index is -0.692. The van der Waals surface area contributed by atoms with E-state index in [1.807, 2.05) is 11.8 Å². The van der Waals surface area contributed by atoms with Crippen molar-refractivity contribution >= 4 is 23.1 Å². The van der Waals surface area contributed by atoms with Crippen LogP contribution in [0.1, 0.15) is 26.0 Å². The molecule has 3 heterocycles. The maximum Gasteiger partial charge on any atom is 0.223 e. The molecule has 0 spiro atoms. The molecule has 2 saturated heterocycles. The summed E-state index contributed by atoms with van der Waals surface area (Å²) in [5.41, 5.74) is 6.98. The van der Waals surface area contributed by atoms with E-state index in [0.29, 0.717) is 37.4 Å². The maximum absolute atomic E-state index is 15.0. The summed E-state index contributed by atoms with van der Waals surface area (Å²) in [5.74, 6) is -0.320. The summed E-state index contributed by atoms with van der Waals surface area (Å²) in [6.07, 6.45) is 1.41. The Morgan fingerprint density at radius 1 is 1.44 bits per heavy atom. The molecule has 0 aromatic carbocycles. The third-order valence-electron chi connectivity index (χ3n) is 6.04.